The van der Waals surface area contributed by atoms with Gasteiger partial charge in [0.2, 0.25) is 11.9 Å². The Morgan fingerprint density at radius 2 is 1.90 bits per heavy atom. The molecule has 2 N–H and O–H groups in total. The first kappa shape index (κ1) is 14.5. The normalized spacial score (nSPS) is 14.7. The summed E-state index contributed by atoms with van der Waals surface area (Å²) in [6.45, 7) is 1.74. The fourth-order valence-corrected chi connectivity index (χ4v) is 2.73. The molecule has 2 aromatic rings. The van der Waals surface area contributed by atoms with Crippen LogP contribution in [0.25, 0.3) is 11.4 Å². The number of hydrogen-bond acceptors (Lipinski definition) is 5. The molecule has 8 heteroatoms. The summed E-state index contributed by atoms with van der Waals surface area (Å²) in [6.07, 6.45) is 2.17. The molecule has 0 amide bonds. The third-order valence-electron chi connectivity index (χ3n) is 3.31. The summed E-state index contributed by atoms with van der Waals surface area (Å²) in [7, 11) is 0. The predicted octanol–water partition coefficient (Wildman–Crippen LogP) is 3.28. The molecule has 21 heavy (non-hydrogen) atoms. The van der Waals surface area contributed by atoms with Crippen LogP contribution in [0.4, 0.5) is 16.3 Å². The predicted molar refractivity (Wildman–Crippen MR) is 83.8 cm³/mol. The molecular weight excluding hydrogens is 361 g/mol. The topological polar surface area (TPSA) is 67.9 Å². The molecule has 1 fully saturated rings. The SMILES string of the molecule is Nc1nc(-c2ccc(Br)c(Cl)c2F)nc(N2CCCC2)n1. The average Bonchev–Trinajstić information content (AvgIpc) is 2.98. The summed E-state index contributed by atoms with van der Waals surface area (Å²) >= 11 is 9.08. The van der Waals surface area contributed by atoms with E-state index in [2.05, 4.69) is 30.9 Å². The van der Waals surface area contributed by atoms with E-state index in [-0.39, 0.29) is 22.4 Å². The molecule has 1 aromatic heterocycles. The van der Waals surface area contributed by atoms with Gasteiger partial charge in [-0.15, -0.1) is 0 Å². The Kier molecular flexibility index (Phi) is 3.95. The van der Waals surface area contributed by atoms with Crippen molar-refractivity contribution in [2.45, 2.75) is 12.8 Å². The van der Waals surface area contributed by atoms with Crippen LogP contribution in [-0.2, 0) is 0 Å². The fraction of sp³-hybridized carbons (Fsp3) is 0.308. The molecule has 0 saturated carbocycles. The molecule has 0 bridgehead atoms. The van der Waals surface area contributed by atoms with Gasteiger partial charge >= 0.3 is 0 Å². The van der Waals surface area contributed by atoms with Gasteiger partial charge in [0, 0.05) is 17.6 Å². The minimum absolute atomic E-state index is 0.00536. The van der Waals surface area contributed by atoms with Crippen molar-refractivity contribution in [1.82, 2.24) is 15.0 Å². The highest BCUT2D eigenvalue weighted by Crippen LogP contribution is 2.32. The highest BCUT2D eigenvalue weighted by molar-refractivity contribution is 9.10. The number of rotatable bonds is 2. The van der Waals surface area contributed by atoms with E-state index in [0.717, 1.165) is 25.9 Å². The number of aromatic nitrogens is 3. The number of hydrogen-bond donors (Lipinski definition) is 1. The Balaban J connectivity index is 2.08. The zero-order valence-electron chi connectivity index (χ0n) is 11.0. The molecule has 0 radical (unpaired) electrons. The number of anilines is 2. The van der Waals surface area contributed by atoms with Crippen molar-refractivity contribution in [1.29, 1.82) is 0 Å². The van der Waals surface area contributed by atoms with Crippen molar-refractivity contribution in [2.24, 2.45) is 0 Å². The number of nitrogens with zero attached hydrogens (tertiary/aromatic N) is 4. The monoisotopic (exact) mass is 371 g/mol. The standard InChI is InChI=1S/C13H12BrClFN5/c14-8-4-3-7(10(16)9(8)15)11-18-12(17)20-13(19-11)21-5-1-2-6-21/h3-4H,1-2,5-6H2,(H2,17,18,19,20). The van der Waals surface area contributed by atoms with Gasteiger partial charge in [0.15, 0.2) is 11.6 Å². The van der Waals surface area contributed by atoms with E-state index >= 15 is 0 Å². The summed E-state index contributed by atoms with van der Waals surface area (Å²) in [5, 5.41) is -0.00536. The molecule has 1 aromatic carbocycles. The summed E-state index contributed by atoms with van der Waals surface area (Å²) in [5.74, 6) is 0.161. The van der Waals surface area contributed by atoms with Gasteiger partial charge in [-0.05, 0) is 40.9 Å². The number of benzene rings is 1. The molecule has 2 heterocycles. The molecule has 1 aliphatic heterocycles. The molecule has 5 nitrogen and oxygen atoms in total. The Bertz CT molecular complexity index is 691. The first-order chi connectivity index (χ1) is 10.1. The van der Waals surface area contributed by atoms with Crippen LogP contribution in [-0.4, -0.2) is 28.0 Å². The van der Waals surface area contributed by atoms with E-state index in [9.17, 15) is 4.39 Å². The van der Waals surface area contributed by atoms with Crippen LogP contribution in [0.5, 0.6) is 0 Å². The lowest BCUT2D eigenvalue weighted by Gasteiger charge is -2.16. The Morgan fingerprint density at radius 3 is 2.62 bits per heavy atom. The lowest BCUT2D eigenvalue weighted by molar-refractivity contribution is 0.629. The van der Waals surface area contributed by atoms with E-state index in [1.807, 2.05) is 4.90 Å². The van der Waals surface area contributed by atoms with Gasteiger partial charge in [0.05, 0.1) is 10.6 Å². The smallest absolute Gasteiger partial charge is 0.230 e. The van der Waals surface area contributed by atoms with Gasteiger partial charge in [-0.2, -0.15) is 15.0 Å². The van der Waals surface area contributed by atoms with Gasteiger partial charge in [0.25, 0.3) is 0 Å². The zero-order valence-corrected chi connectivity index (χ0v) is 13.3. The van der Waals surface area contributed by atoms with Crippen LogP contribution in [0.2, 0.25) is 5.02 Å². The van der Waals surface area contributed by atoms with Crippen molar-refractivity contribution in [3.63, 3.8) is 0 Å². The van der Waals surface area contributed by atoms with Crippen molar-refractivity contribution >= 4 is 39.4 Å². The maximum Gasteiger partial charge on any atom is 0.230 e. The third-order valence-corrected chi connectivity index (χ3v) is 4.56. The van der Waals surface area contributed by atoms with Gasteiger partial charge in [0.1, 0.15) is 0 Å². The second kappa shape index (κ2) is 5.73. The minimum Gasteiger partial charge on any atom is -0.368 e. The lowest BCUT2D eigenvalue weighted by Crippen LogP contribution is -2.21. The Morgan fingerprint density at radius 1 is 1.19 bits per heavy atom. The van der Waals surface area contributed by atoms with Crippen LogP contribution in [0.3, 0.4) is 0 Å². The largest absolute Gasteiger partial charge is 0.368 e. The van der Waals surface area contributed by atoms with Gasteiger partial charge in [-0.3, -0.25) is 0 Å². The van der Waals surface area contributed by atoms with E-state index in [1.54, 1.807) is 12.1 Å². The highest BCUT2D eigenvalue weighted by atomic mass is 79.9. The second-order valence-corrected chi connectivity index (χ2v) is 5.97. The van der Waals surface area contributed by atoms with E-state index in [0.29, 0.717) is 10.4 Å². The molecular formula is C13H12BrClFN5. The number of nitrogen functional groups attached to an aromatic ring is 1. The molecule has 110 valence electrons. The summed E-state index contributed by atoms with van der Waals surface area (Å²) in [4.78, 5) is 14.5. The fourth-order valence-electron chi connectivity index (χ4n) is 2.26. The van der Waals surface area contributed by atoms with Gasteiger partial charge in [-0.25, -0.2) is 4.39 Å². The highest BCUT2D eigenvalue weighted by Gasteiger charge is 2.20. The average molecular weight is 373 g/mol. The first-order valence-corrected chi connectivity index (χ1v) is 7.63. The number of halogens is 3. The van der Waals surface area contributed by atoms with E-state index in [1.165, 1.54) is 0 Å². The quantitative estimate of drug-likeness (QED) is 0.819. The van der Waals surface area contributed by atoms with Crippen molar-refractivity contribution in [2.75, 3.05) is 23.7 Å². The van der Waals surface area contributed by atoms with Gasteiger partial charge < -0.3 is 10.6 Å². The molecule has 1 saturated heterocycles. The van der Waals surface area contributed by atoms with Crippen LogP contribution in [0, 0.1) is 5.82 Å². The van der Waals surface area contributed by atoms with Crippen LogP contribution in [0.1, 0.15) is 12.8 Å². The lowest BCUT2D eigenvalue weighted by atomic mass is 10.2. The minimum atomic E-state index is -0.580. The molecule has 0 atom stereocenters. The third kappa shape index (κ3) is 2.80. The maximum atomic E-state index is 14.3. The summed E-state index contributed by atoms with van der Waals surface area (Å²) in [5.41, 5.74) is 5.94. The second-order valence-electron chi connectivity index (χ2n) is 4.73. The van der Waals surface area contributed by atoms with Crippen LogP contribution >= 0.6 is 27.5 Å². The molecule has 0 spiro atoms. The van der Waals surface area contributed by atoms with Crippen LogP contribution in [0.15, 0.2) is 16.6 Å². The Labute approximate surface area is 134 Å². The maximum absolute atomic E-state index is 14.3. The first-order valence-electron chi connectivity index (χ1n) is 6.46. The molecule has 0 aliphatic carbocycles. The molecule has 1 aliphatic rings. The van der Waals surface area contributed by atoms with Crippen molar-refractivity contribution < 1.29 is 4.39 Å². The molecule has 3 rings (SSSR count). The summed E-state index contributed by atoms with van der Waals surface area (Å²) < 4.78 is 14.8. The van der Waals surface area contributed by atoms with E-state index in [4.69, 9.17) is 17.3 Å². The van der Waals surface area contributed by atoms with E-state index < -0.39 is 5.82 Å². The summed E-state index contributed by atoms with van der Waals surface area (Å²) in [6, 6.07) is 3.21. The van der Waals surface area contributed by atoms with Crippen molar-refractivity contribution in [3.05, 3.63) is 27.4 Å². The Hall–Kier alpha value is -1.47. The van der Waals surface area contributed by atoms with Crippen molar-refractivity contribution in [3.8, 4) is 11.4 Å². The molecule has 0 unspecified atom stereocenters. The van der Waals surface area contributed by atoms with Gasteiger partial charge in [-0.1, -0.05) is 11.6 Å². The zero-order chi connectivity index (χ0) is 15.0. The van der Waals surface area contributed by atoms with Crippen LogP contribution < -0.4 is 10.6 Å². The number of nitrogens with two attached hydrogens (primary N) is 1.